The van der Waals surface area contributed by atoms with Crippen molar-refractivity contribution in [2.45, 2.75) is 19.4 Å². The Morgan fingerprint density at radius 1 is 1.12 bits per heavy atom. The maximum atomic E-state index is 12.3. The van der Waals surface area contributed by atoms with Crippen molar-refractivity contribution in [1.29, 1.82) is 5.26 Å². The third kappa shape index (κ3) is 5.36. The molecular formula is C19H19N3O3. The highest BCUT2D eigenvalue weighted by Gasteiger charge is 2.17. The first-order valence-corrected chi connectivity index (χ1v) is 7.73. The molecule has 0 spiro atoms. The number of hydrogen-bond donors (Lipinski definition) is 2. The molecule has 0 aromatic heterocycles. The van der Waals surface area contributed by atoms with E-state index in [1.807, 2.05) is 18.2 Å². The zero-order valence-corrected chi connectivity index (χ0v) is 14.1. The molecule has 2 rings (SSSR count). The number of nitrogens with one attached hydrogen (secondary N) is 2. The van der Waals surface area contributed by atoms with E-state index in [1.54, 1.807) is 43.5 Å². The summed E-state index contributed by atoms with van der Waals surface area (Å²) in [5.41, 5.74) is 1.93. The summed E-state index contributed by atoms with van der Waals surface area (Å²) in [7, 11) is 1.57. The van der Waals surface area contributed by atoms with Crippen LogP contribution in [-0.4, -0.2) is 18.9 Å². The van der Waals surface area contributed by atoms with E-state index < -0.39 is 6.04 Å². The van der Waals surface area contributed by atoms with Crippen LogP contribution in [0.15, 0.2) is 48.5 Å². The van der Waals surface area contributed by atoms with Crippen LogP contribution in [0, 0.1) is 11.3 Å². The molecule has 1 atom stereocenters. The molecule has 2 amide bonds. The number of methoxy groups -OCH3 is 1. The highest BCUT2D eigenvalue weighted by Crippen LogP contribution is 2.21. The number of benzene rings is 2. The van der Waals surface area contributed by atoms with Gasteiger partial charge in [0.2, 0.25) is 11.8 Å². The van der Waals surface area contributed by atoms with Gasteiger partial charge in [0.15, 0.2) is 0 Å². The Labute approximate surface area is 146 Å². The minimum atomic E-state index is -0.443. The van der Waals surface area contributed by atoms with Crippen molar-refractivity contribution in [3.8, 4) is 11.8 Å². The highest BCUT2D eigenvalue weighted by molar-refractivity contribution is 5.91. The molecule has 0 aliphatic rings. The number of amides is 2. The molecule has 0 unspecified atom stereocenters. The Morgan fingerprint density at radius 2 is 1.76 bits per heavy atom. The topological polar surface area (TPSA) is 91.2 Å². The molecule has 0 aliphatic heterocycles. The first-order chi connectivity index (χ1) is 12.0. The van der Waals surface area contributed by atoms with Gasteiger partial charge >= 0.3 is 0 Å². The summed E-state index contributed by atoms with van der Waals surface area (Å²) < 4.78 is 5.12. The van der Waals surface area contributed by atoms with Crippen molar-refractivity contribution in [3.63, 3.8) is 0 Å². The lowest BCUT2D eigenvalue weighted by atomic mass is 10.0. The maximum absolute atomic E-state index is 12.3. The molecule has 2 N–H and O–H groups in total. The molecule has 0 fully saturated rings. The molecule has 0 bridgehead atoms. The summed E-state index contributed by atoms with van der Waals surface area (Å²) in [5, 5.41) is 14.3. The predicted molar refractivity (Wildman–Crippen MR) is 94.0 cm³/mol. The Kier molecular flexibility index (Phi) is 6.13. The number of hydrogen-bond acceptors (Lipinski definition) is 4. The van der Waals surface area contributed by atoms with Gasteiger partial charge in [0.1, 0.15) is 5.75 Å². The molecule has 0 saturated carbocycles. The zero-order chi connectivity index (χ0) is 18.2. The van der Waals surface area contributed by atoms with Crippen LogP contribution >= 0.6 is 0 Å². The number of rotatable bonds is 6. The zero-order valence-electron chi connectivity index (χ0n) is 14.1. The van der Waals surface area contributed by atoms with Crippen molar-refractivity contribution in [1.82, 2.24) is 5.32 Å². The monoisotopic (exact) mass is 337 g/mol. The first kappa shape index (κ1) is 18.0. The van der Waals surface area contributed by atoms with E-state index in [0.717, 1.165) is 5.56 Å². The fourth-order valence-electron chi connectivity index (χ4n) is 2.36. The largest absolute Gasteiger partial charge is 0.497 e. The van der Waals surface area contributed by atoms with Gasteiger partial charge in [-0.05, 0) is 42.0 Å². The van der Waals surface area contributed by atoms with Gasteiger partial charge in [-0.15, -0.1) is 0 Å². The van der Waals surface area contributed by atoms with Crippen molar-refractivity contribution >= 4 is 17.5 Å². The molecule has 2 aromatic carbocycles. The molecule has 25 heavy (non-hydrogen) atoms. The van der Waals surface area contributed by atoms with Gasteiger partial charge in [0.05, 0.1) is 31.2 Å². The van der Waals surface area contributed by atoms with E-state index in [9.17, 15) is 9.59 Å². The van der Waals surface area contributed by atoms with Crippen molar-refractivity contribution in [3.05, 3.63) is 59.7 Å². The smallest absolute Gasteiger partial charge is 0.226 e. The molecule has 2 aromatic rings. The molecule has 6 heteroatoms. The van der Waals surface area contributed by atoms with Crippen LogP contribution in [0.2, 0.25) is 0 Å². The van der Waals surface area contributed by atoms with Crippen LogP contribution in [0.3, 0.4) is 0 Å². The van der Waals surface area contributed by atoms with E-state index in [-0.39, 0.29) is 18.2 Å². The Morgan fingerprint density at radius 3 is 2.28 bits per heavy atom. The van der Waals surface area contributed by atoms with Gasteiger partial charge in [-0.1, -0.05) is 12.1 Å². The minimum Gasteiger partial charge on any atom is -0.497 e. The number of carbonyl (C=O) groups excluding carboxylic acids is 2. The fraction of sp³-hybridized carbons (Fsp3) is 0.211. The van der Waals surface area contributed by atoms with Crippen LogP contribution in [0.5, 0.6) is 5.75 Å². The number of nitriles is 1. The molecule has 6 nitrogen and oxygen atoms in total. The first-order valence-electron chi connectivity index (χ1n) is 7.73. The van der Waals surface area contributed by atoms with Gasteiger partial charge in [0.25, 0.3) is 0 Å². The molecule has 0 radical (unpaired) electrons. The van der Waals surface area contributed by atoms with Gasteiger partial charge in [-0.3, -0.25) is 9.59 Å². The van der Waals surface area contributed by atoms with Crippen LogP contribution in [0.25, 0.3) is 0 Å². The lowest BCUT2D eigenvalue weighted by molar-refractivity contribution is -0.120. The molecule has 0 aliphatic carbocycles. The van der Waals surface area contributed by atoms with Gasteiger partial charge < -0.3 is 15.4 Å². The second kappa shape index (κ2) is 8.50. The van der Waals surface area contributed by atoms with Crippen molar-refractivity contribution in [2.24, 2.45) is 0 Å². The van der Waals surface area contributed by atoms with Gasteiger partial charge in [-0.25, -0.2) is 0 Å². The average molecular weight is 337 g/mol. The third-order valence-corrected chi connectivity index (χ3v) is 3.58. The summed E-state index contributed by atoms with van der Waals surface area (Å²) in [4.78, 5) is 23.8. The Bertz CT molecular complexity index is 777. The van der Waals surface area contributed by atoms with Crippen LogP contribution in [0.4, 0.5) is 5.69 Å². The fourth-order valence-corrected chi connectivity index (χ4v) is 2.36. The lowest BCUT2D eigenvalue weighted by Gasteiger charge is -2.18. The summed E-state index contributed by atoms with van der Waals surface area (Å²) in [6.45, 7) is 1.41. The van der Waals surface area contributed by atoms with Crippen molar-refractivity contribution in [2.75, 3.05) is 12.4 Å². The van der Waals surface area contributed by atoms with E-state index in [4.69, 9.17) is 10.00 Å². The van der Waals surface area contributed by atoms with Gasteiger partial charge in [0, 0.05) is 12.6 Å². The number of ether oxygens (including phenoxy) is 1. The quantitative estimate of drug-likeness (QED) is 0.848. The van der Waals surface area contributed by atoms with Crippen LogP contribution in [0.1, 0.15) is 30.5 Å². The predicted octanol–water partition coefficient (Wildman–Crippen LogP) is 2.77. The number of anilines is 1. The van der Waals surface area contributed by atoms with Crippen LogP contribution < -0.4 is 15.4 Å². The normalized spacial score (nSPS) is 11.1. The minimum absolute atomic E-state index is 0.0892. The molecule has 0 heterocycles. The summed E-state index contributed by atoms with van der Waals surface area (Å²) in [5.74, 6) is 0.249. The van der Waals surface area contributed by atoms with E-state index in [2.05, 4.69) is 10.6 Å². The number of nitrogens with zero attached hydrogens (tertiary/aromatic N) is 1. The second-order valence-corrected chi connectivity index (χ2v) is 5.47. The summed E-state index contributed by atoms with van der Waals surface area (Å²) >= 11 is 0. The Balaban J connectivity index is 2.08. The number of carbonyl (C=O) groups is 2. The molecular weight excluding hydrogens is 318 g/mol. The average Bonchev–Trinajstić information content (AvgIpc) is 2.61. The van der Waals surface area contributed by atoms with Crippen LogP contribution in [-0.2, 0) is 9.59 Å². The maximum Gasteiger partial charge on any atom is 0.226 e. The second-order valence-electron chi connectivity index (χ2n) is 5.47. The standard InChI is InChI=1S/C19H19N3O3/c1-13(23)21-18(15-5-9-17(25-2)10-6-15)11-19(24)22-16-7-3-14(12-20)4-8-16/h3-10,18H,11H2,1-2H3,(H,21,23)(H,22,24)/t18-/m1/s1. The SMILES string of the molecule is COc1ccc([C@@H](CC(=O)Nc2ccc(C#N)cc2)NC(C)=O)cc1. The summed E-state index contributed by atoms with van der Waals surface area (Å²) in [6.07, 6.45) is 0.0892. The van der Waals surface area contributed by atoms with E-state index in [0.29, 0.717) is 17.0 Å². The van der Waals surface area contributed by atoms with E-state index >= 15 is 0 Å². The Hall–Kier alpha value is -3.33. The molecule has 128 valence electrons. The summed E-state index contributed by atoms with van der Waals surface area (Å²) in [6, 6.07) is 15.4. The van der Waals surface area contributed by atoms with E-state index in [1.165, 1.54) is 6.92 Å². The van der Waals surface area contributed by atoms with Crippen molar-refractivity contribution < 1.29 is 14.3 Å². The third-order valence-electron chi connectivity index (χ3n) is 3.58. The van der Waals surface area contributed by atoms with Gasteiger partial charge in [-0.2, -0.15) is 5.26 Å². The molecule has 0 saturated heterocycles. The highest BCUT2D eigenvalue weighted by atomic mass is 16.5. The lowest BCUT2D eigenvalue weighted by Crippen LogP contribution is -2.29.